The van der Waals surface area contributed by atoms with E-state index >= 15 is 0 Å². The molecule has 5 rings (SSSR count). The van der Waals surface area contributed by atoms with Crippen LogP contribution in [0.15, 0.2) is 99.0 Å². The monoisotopic (exact) mass is 413 g/mol. The van der Waals surface area contributed by atoms with Crippen molar-refractivity contribution < 1.29 is 9.15 Å². The molecule has 0 spiro atoms. The quantitative estimate of drug-likeness (QED) is 0.362. The lowest BCUT2D eigenvalue weighted by molar-refractivity contribution is 0.482. The Labute approximate surface area is 175 Å². The van der Waals surface area contributed by atoms with Crippen molar-refractivity contribution in [1.29, 1.82) is 0 Å². The zero-order valence-corrected chi connectivity index (χ0v) is 16.5. The Morgan fingerprint density at radius 2 is 1.90 bits per heavy atom. The van der Waals surface area contributed by atoms with E-state index in [2.05, 4.69) is 10.1 Å². The van der Waals surface area contributed by atoms with Crippen LogP contribution in [0, 0.1) is 0 Å². The number of hydrogen-bond acceptors (Lipinski definition) is 6. The summed E-state index contributed by atoms with van der Waals surface area (Å²) in [7, 11) is 0. The molecule has 2 aromatic carbocycles. The SMILES string of the molecule is O=c1c2c(-c3ccco3)csc2ncn1/N=C\c1cccc(Oc2ccccc2)c1. The summed E-state index contributed by atoms with van der Waals surface area (Å²) in [4.78, 5) is 18.0. The number of fused-ring (bicyclic) bond motifs is 1. The predicted octanol–water partition coefficient (Wildman–Crippen LogP) is 5.39. The van der Waals surface area contributed by atoms with E-state index in [0.717, 1.165) is 16.9 Å². The second-order valence-corrected chi connectivity index (χ2v) is 7.29. The van der Waals surface area contributed by atoms with Gasteiger partial charge >= 0.3 is 0 Å². The first-order valence-corrected chi connectivity index (χ1v) is 10.1. The van der Waals surface area contributed by atoms with Crippen LogP contribution in [-0.4, -0.2) is 15.9 Å². The zero-order chi connectivity index (χ0) is 20.3. The van der Waals surface area contributed by atoms with Crippen LogP contribution in [0.2, 0.25) is 0 Å². The highest BCUT2D eigenvalue weighted by atomic mass is 32.1. The van der Waals surface area contributed by atoms with Gasteiger partial charge in [0.2, 0.25) is 0 Å². The van der Waals surface area contributed by atoms with Crippen LogP contribution in [0.25, 0.3) is 21.5 Å². The van der Waals surface area contributed by atoms with E-state index in [4.69, 9.17) is 9.15 Å². The molecule has 0 aliphatic carbocycles. The maximum atomic E-state index is 13.0. The highest BCUT2D eigenvalue weighted by Crippen LogP contribution is 2.30. The summed E-state index contributed by atoms with van der Waals surface area (Å²) in [6, 6.07) is 20.6. The van der Waals surface area contributed by atoms with Gasteiger partial charge in [0, 0.05) is 10.9 Å². The average molecular weight is 413 g/mol. The Hall–Kier alpha value is -3.97. The molecule has 0 N–H and O–H groups in total. The minimum atomic E-state index is -0.249. The fourth-order valence-electron chi connectivity index (χ4n) is 3.03. The fraction of sp³-hybridized carbons (Fsp3) is 0. The number of furan rings is 1. The number of rotatable bonds is 5. The van der Waals surface area contributed by atoms with E-state index < -0.39 is 0 Å². The molecular formula is C23H15N3O3S. The van der Waals surface area contributed by atoms with Crippen molar-refractivity contribution >= 4 is 27.8 Å². The van der Waals surface area contributed by atoms with Gasteiger partial charge in [-0.2, -0.15) is 9.78 Å². The lowest BCUT2D eigenvalue weighted by Gasteiger charge is -2.05. The van der Waals surface area contributed by atoms with E-state index in [-0.39, 0.29) is 5.56 Å². The van der Waals surface area contributed by atoms with E-state index in [1.54, 1.807) is 18.5 Å². The maximum absolute atomic E-state index is 13.0. The summed E-state index contributed by atoms with van der Waals surface area (Å²) in [6.45, 7) is 0. The molecule has 0 radical (unpaired) electrons. The lowest BCUT2D eigenvalue weighted by atomic mass is 10.2. The standard InChI is InChI=1S/C23H15N3O3S/c27-23-21-19(20-10-5-11-28-20)14-30-22(21)24-15-26(23)25-13-16-6-4-9-18(12-16)29-17-7-2-1-3-8-17/h1-15H/b25-13-. The van der Waals surface area contributed by atoms with Crippen molar-refractivity contribution in [3.05, 3.63) is 101 Å². The molecule has 0 aliphatic heterocycles. The van der Waals surface area contributed by atoms with Gasteiger partial charge in [0.05, 0.1) is 17.9 Å². The summed E-state index contributed by atoms with van der Waals surface area (Å²) in [5.74, 6) is 2.07. The molecule has 0 saturated carbocycles. The third-order valence-corrected chi connectivity index (χ3v) is 5.32. The molecule has 6 nitrogen and oxygen atoms in total. The summed E-state index contributed by atoms with van der Waals surface area (Å²) >= 11 is 1.40. The minimum Gasteiger partial charge on any atom is -0.464 e. The largest absolute Gasteiger partial charge is 0.464 e. The number of hydrogen-bond donors (Lipinski definition) is 0. The lowest BCUT2D eigenvalue weighted by Crippen LogP contribution is -2.16. The average Bonchev–Trinajstić information content (AvgIpc) is 3.44. The van der Waals surface area contributed by atoms with Crippen LogP contribution in [0.4, 0.5) is 0 Å². The van der Waals surface area contributed by atoms with Gasteiger partial charge in [0.1, 0.15) is 28.4 Å². The molecule has 5 aromatic rings. The normalized spacial score (nSPS) is 11.3. The van der Waals surface area contributed by atoms with E-state index in [9.17, 15) is 4.79 Å². The molecule has 0 atom stereocenters. The molecule has 3 aromatic heterocycles. The Kier molecular flexibility index (Phi) is 4.71. The number of thiophene rings is 1. The zero-order valence-electron chi connectivity index (χ0n) is 15.6. The van der Waals surface area contributed by atoms with Gasteiger partial charge in [-0.1, -0.05) is 30.3 Å². The van der Waals surface area contributed by atoms with Crippen molar-refractivity contribution in [3.8, 4) is 22.8 Å². The molecule has 0 bridgehead atoms. The van der Waals surface area contributed by atoms with Gasteiger partial charge in [0.25, 0.3) is 5.56 Å². The number of ether oxygens (including phenoxy) is 1. The highest BCUT2D eigenvalue weighted by Gasteiger charge is 2.14. The molecule has 0 saturated heterocycles. The van der Waals surface area contributed by atoms with Gasteiger partial charge in [-0.3, -0.25) is 4.79 Å². The van der Waals surface area contributed by atoms with Crippen molar-refractivity contribution in [3.63, 3.8) is 0 Å². The second-order valence-electron chi connectivity index (χ2n) is 6.43. The molecule has 7 heteroatoms. The molecule has 0 aliphatic rings. The van der Waals surface area contributed by atoms with Crippen molar-refractivity contribution in [2.24, 2.45) is 5.10 Å². The van der Waals surface area contributed by atoms with Crippen molar-refractivity contribution in [2.45, 2.75) is 0 Å². The Morgan fingerprint density at radius 1 is 1.03 bits per heavy atom. The van der Waals surface area contributed by atoms with E-state index in [1.807, 2.05) is 66.0 Å². The van der Waals surface area contributed by atoms with Crippen LogP contribution in [0.1, 0.15) is 5.56 Å². The van der Waals surface area contributed by atoms with E-state index in [0.29, 0.717) is 21.7 Å². The second kappa shape index (κ2) is 7.81. The van der Waals surface area contributed by atoms with Crippen LogP contribution in [0.5, 0.6) is 11.5 Å². The topological polar surface area (TPSA) is 69.6 Å². The molecule has 146 valence electrons. The number of nitrogens with zero attached hydrogens (tertiary/aromatic N) is 3. The van der Waals surface area contributed by atoms with Gasteiger partial charge in [-0.15, -0.1) is 11.3 Å². The van der Waals surface area contributed by atoms with Gasteiger partial charge in [-0.05, 0) is 42.0 Å². The Bertz CT molecular complexity index is 1390. The van der Waals surface area contributed by atoms with Crippen LogP contribution < -0.4 is 10.3 Å². The van der Waals surface area contributed by atoms with Gasteiger partial charge in [0.15, 0.2) is 0 Å². The molecule has 0 fully saturated rings. The summed E-state index contributed by atoms with van der Waals surface area (Å²) in [5.41, 5.74) is 1.27. The molecule has 0 amide bonds. The number of aromatic nitrogens is 2. The predicted molar refractivity (Wildman–Crippen MR) is 118 cm³/mol. The summed E-state index contributed by atoms with van der Waals surface area (Å²) < 4.78 is 12.5. The summed E-state index contributed by atoms with van der Waals surface area (Å²) in [5, 5.41) is 6.68. The van der Waals surface area contributed by atoms with Crippen LogP contribution in [-0.2, 0) is 0 Å². The van der Waals surface area contributed by atoms with Crippen molar-refractivity contribution in [2.75, 3.05) is 0 Å². The third kappa shape index (κ3) is 3.54. The number of para-hydroxylation sites is 1. The third-order valence-electron chi connectivity index (χ3n) is 4.43. The summed E-state index contributed by atoms with van der Waals surface area (Å²) in [6.07, 6.45) is 4.61. The molecule has 30 heavy (non-hydrogen) atoms. The van der Waals surface area contributed by atoms with Gasteiger partial charge in [-0.25, -0.2) is 4.98 Å². The Balaban J connectivity index is 1.46. The molecule has 3 heterocycles. The van der Waals surface area contributed by atoms with Crippen molar-refractivity contribution in [1.82, 2.24) is 9.66 Å². The fourth-order valence-corrected chi connectivity index (χ4v) is 3.92. The highest BCUT2D eigenvalue weighted by molar-refractivity contribution is 7.17. The minimum absolute atomic E-state index is 0.249. The Morgan fingerprint density at radius 3 is 2.73 bits per heavy atom. The maximum Gasteiger partial charge on any atom is 0.283 e. The van der Waals surface area contributed by atoms with Crippen LogP contribution in [0.3, 0.4) is 0 Å². The number of benzene rings is 2. The first-order valence-electron chi connectivity index (χ1n) is 9.18. The molecular weight excluding hydrogens is 398 g/mol. The van der Waals surface area contributed by atoms with E-state index in [1.165, 1.54) is 22.3 Å². The smallest absolute Gasteiger partial charge is 0.283 e. The molecule has 0 unspecified atom stereocenters. The first-order chi connectivity index (χ1) is 14.8. The van der Waals surface area contributed by atoms with Gasteiger partial charge < -0.3 is 9.15 Å². The van der Waals surface area contributed by atoms with Crippen LogP contribution >= 0.6 is 11.3 Å². The first kappa shape index (κ1) is 18.1.